The average molecular weight is 378 g/mol. The molecular weight excluding hydrogens is 348 g/mol. The van der Waals surface area contributed by atoms with Crippen molar-refractivity contribution < 1.29 is 19.1 Å². The molecule has 1 fully saturated rings. The predicted molar refractivity (Wildman–Crippen MR) is 101 cm³/mol. The van der Waals surface area contributed by atoms with E-state index in [0.29, 0.717) is 6.54 Å². The number of carbonyl (C=O) groups excluding carboxylic acids is 3. The Labute approximate surface area is 160 Å². The number of urea groups is 1. The van der Waals surface area contributed by atoms with Crippen LogP contribution in [0.1, 0.15) is 39.3 Å². The topological polar surface area (TPSA) is 83.9 Å². The van der Waals surface area contributed by atoms with E-state index >= 15 is 0 Å². The summed E-state index contributed by atoms with van der Waals surface area (Å²) in [5.41, 5.74) is 1.05. The minimum Gasteiger partial charge on any atom is -0.465 e. The van der Waals surface area contributed by atoms with Crippen LogP contribution in [0.15, 0.2) is 18.3 Å². The van der Waals surface area contributed by atoms with Gasteiger partial charge >= 0.3 is 12.0 Å². The van der Waals surface area contributed by atoms with Gasteiger partial charge in [-0.05, 0) is 45.7 Å². The zero-order valence-corrected chi connectivity index (χ0v) is 16.6. The first-order valence-electron chi connectivity index (χ1n) is 9.43. The van der Waals surface area contributed by atoms with Crippen molar-refractivity contribution in [2.45, 2.75) is 52.2 Å². The van der Waals surface area contributed by atoms with Gasteiger partial charge in [-0.3, -0.25) is 9.59 Å². The number of amides is 3. The Morgan fingerprint density at radius 3 is 2.56 bits per heavy atom. The molecule has 0 bridgehead atoms. The molecule has 8 nitrogen and oxygen atoms in total. The van der Waals surface area contributed by atoms with Crippen LogP contribution in [0, 0.1) is 0 Å². The van der Waals surface area contributed by atoms with Gasteiger partial charge in [0.15, 0.2) is 0 Å². The molecule has 27 heavy (non-hydrogen) atoms. The summed E-state index contributed by atoms with van der Waals surface area (Å²) in [5, 5.41) is 2.53. The van der Waals surface area contributed by atoms with Crippen molar-refractivity contribution in [2.75, 3.05) is 19.7 Å². The van der Waals surface area contributed by atoms with E-state index in [0.717, 1.165) is 18.5 Å². The highest BCUT2D eigenvalue weighted by Crippen LogP contribution is 2.28. The number of carbonyl (C=O) groups is 3. The lowest BCUT2D eigenvalue weighted by molar-refractivity contribution is -0.141. The van der Waals surface area contributed by atoms with Crippen LogP contribution >= 0.6 is 0 Å². The molecule has 3 amide bonds. The third-order valence-electron chi connectivity index (χ3n) is 4.57. The number of ether oxygens (including phenoxy) is 1. The van der Waals surface area contributed by atoms with Gasteiger partial charge in [-0.25, -0.2) is 4.79 Å². The fourth-order valence-corrected chi connectivity index (χ4v) is 2.83. The summed E-state index contributed by atoms with van der Waals surface area (Å²) in [6.45, 7) is 5.96. The van der Waals surface area contributed by atoms with Gasteiger partial charge in [0, 0.05) is 31.0 Å². The number of hydrogen-bond donors (Lipinski definition) is 1. The van der Waals surface area contributed by atoms with E-state index in [1.807, 2.05) is 48.7 Å². The number of nitrogens with one attached hydrogen (secondary N) is 1. The number of esters is 1. The van der Waals surface area contributed by atoms with Crippen molar-refractivity contribution in [3.63, 3.8) is 0 Å². The first-order valence-corrected chi connectivity index (χ1v) is 9.43. The zero-order chi connectivity index (χ0) is 20.0. The lowest BCUT2D eigenvalue weighted by atomic mass is 10.3. The van der Waals surface area contributed by atoms with Crippen LogP contribution in [0.25, 0.3) is 0 Å². The highest BCUT2D eigenvalue weighted by Gasteiger charge is 2.34. The van der Waals surface area contributed by atoms with Crippen LogP contribution in [0.4, 0.5) is 4.79 Å². The summed E-state index contributed by atoms with van der Waals surface area (Å²) in [7, 11) is 1.95. The fraction of sp³-hybridized carbons (Fsp3) is 0.632. The second-order valence-electron chi connectivity index (χ2n) is 7.05. The minimum atomic E-state index is -0.496. The maximum absolute atomic E-state index is 12.9. The molecule has 1 heterocycles. The van der Waals surface area contributed by atoms with Gasteiger partial charge in [0.05, 0.1) is 13.2 Å². The molecule has 1 N–H and O–H groups in total. The van der Waals surface area contributed by atoms with Crippen LogP contribution in [-0.2, 0) is 27.9 Å². The lowest BCUT2D eigenvalue weighted by Gasteiger charge is -2.30. The molecule has 8 heteroatoms. The van der Waals surface area contributed by atoms with E-state index in [-0.39, 0.29) is 37.7 Å². The maximum atomic E-state index is 12.9. The van der Waals surface area contributed by atoms with E-state index in [1.165, 1.54) is 4.90 Å². The fourth-order valence-electron chi connectivity index (χ4n) is 2.83. The summed E-state index contributed by atoms with van der Waals surface area (Å²) in [6.07, 6.45) is 3.94. The Balaban J connectivity index is 1.98. The highest BCUT2D eigenvalue weighted by atomic mass is 16.5. The minimum absolute atomic E-state index is 0.0206. The molecule has 2 rings (SSSR count). The first kappa shape index (κ1) is 20.8. The number of hydrogen-bond acceptors (Lipinski definition) is 4. The van der Waals surface area contributed by atoms with Gasteiger partial charge < -0.3 is 24.4 Å². The molecule has 1 saturated carbocycles. The Kier molecular flexibility index (Phi) is 7.27. The summed E-state index contributed by atoms with van der Waals surface area (Å²) < 4.78 is 6.81. The quantitative estimate of drug-likeness (QED) is 0.660. The molecule has 0 saturated heterocycles. The molecule has 1 aliphatic rings. The molecule has 0 aromatic carbocycles. The third-order valence-corrected chi connectivity index (χ3v) is 4.57. The van der Waals surface area contributed by atoms with Gasteiger partial charge in [0.1, 0.15) is 13.1 Å². The standard InChI is InChI=1S/C19H30N4O4/c1-5-27-18(25)11-20-19(26)22(14(2)3)13-17(24)23(15-8-9-15)12-16-7-6-10-21(16)4/h6-7,10,14-15H,5,8-9,11-13H2,1-4H3,(H,20,26). The molecular formula is C19H30N4O4. The largest absolute Gasteiger partial charge is 0.465 e. The van der Waals surface area contributed by atoms with Gasteiger partial charge in [-0.15, -0.1) is 0 Å². The van der Waals surface area contributed by atoms with E-state index < -0.39 is 12.0 Å². The van der Waals surface area contributed by atoms with Gasteiger partial charge in [0.2, 0.25) is 5.91 Å². The van der Waals surface area contributed by atoms with Crippen molar-refractivity contribution in [1.29, 1.82) is 0 Å². The molecule has 150 valence electrons. The third kappa shape index (κ3) is 6.01. The van der Waals surface area contributed by atoms with E-state index in [9.17, 15) is 14.4 Å². The average Bonchev–Trinajstić information content (AvgIpc) is 3.37. The molecule has 0 radical (unpaired) electrons. The lowest BCUT2D eigenvalue weighted by Crippen LogP contribution is -2.50. The normalized spacial score (nSPS) is 13.4. The molecule has 0 spiro atoms. The first-order chi connectivity index (χ1) is 12.8. The maximum Gasteiger partial charge on any atom is 0.325 e. The van der Waals surface area contributed by atoms with Crippen LogP contribution < -0.4 is 5.32 Å². The van der Waals surface area contributed by atoms with E-state index in [4.69, 9.17) is 4.74 Å². The van der Waals surface area contributed by atoms with E-state index in [1.54, 1.807) is 6.92 Å². The Hall–Kier alpha value is -2.51. The molecule has 1 aliphatic carbocycles. The van der Waals surface area contributed by atoms with Crippen molar-refractivity contribution >= 4 is 17.9 Å². The van der Waals surface area contributed by atoms with Gasteiger partial charge in [-0.2, -0.15) is 0 Å². The summed E-state index contributed by atoms with van der Waals surface area (Å²) in [5.74, 6) is -0.581. The van der Waals surface area contributed by atoms with Crippen LogP contribution in [0.3, 0.4) is 0 Å². The Bertz CT molecular complexity index is 666. The second-order valence-corrected chi connectivity index (χ2v) is 7.05. The number of rotatable bonds is 9. The van der Waals surface area contributed by atoms with Crippen LogP contribution in [0.5, 0.6) is 0 Å². The summed E-state index contributed by atoms with van der Waals surface area (Å²) in [4.78, 5) is 40.1. The van der Waals surface area contributed by atoms with Crippen molar-refractivity contribution in [2.24, 2.45) is 7.05 Å². The Morgan fingerprint density at radius 2 is 2.04 bits per heavy atom. The van der Waals surface area contributed by atoms with Crippen molar-refractivity contribution in [1.82, 2.24) is 19.7 Å². The second kappa shape index (κ2) is 9.43. The summed E-state index contributed by atoms with van der Waals surface area (Å²) in [6, 6.07) is 3.57. The highest BCUT2D eigenvalue weighted by molar-refractivity contribution is 5.86. The molecule has 0 aliphatic heterocycles. The van der Waals surface area contributed by atoms with Gasteiger partial charge in [0.25, 0.3) is 0 Å². The van der Waals surface area contributed by atoms with E-state index in [2.05, 4.69) is 5.32 Å². The summed E-state index contributed by atoms with van der Waals surface area (Å²) >= 11 is 0. The van der Waals surface area contributed by atoms with Crippen molar-refractivity contribution in [3.8, 4) is 0 Å². The Morgan fingerprint density at radius 1 is 1.33 bits per heavy atom. The number of aryl methyl sites for hydroxylation is 1. The van der Waals surface area contributed by atoms with Crippen LogP contribution in [-0.4, -0.2) is 64.1 Å². The van der Waals surface area contributed by atoms with Gasteiger partial charge in [-0.1, -0.05) is 0 Å². The monoisotopic (exact) mass is 378 g/mol. The van der Waals surface area contributed by atoms with Crippen LogP contribution in [0.2, 0.25) is 0 Å². The molecule has 1 aromatic heterocycles. The zero-order valence-electron chi connectivity index (χ0n) is 16.6. The number of aromatic nitrogens is 1. The predicted octanol–water partition coefficient (Wildman–Crippen LogP) is 1.50. The number of nitrogens with zero attached hydrogens (tertiary/aromatic N) is 3. The molecule has 0 atom stereocenters. The smallest absolute Gasteiger partial charge is 0.325 e. The SMILES string of the molecule is CCOC(=O)CNC(=O)N(CC(=O)N(Cc1cccn1C)C1CC1)C(C)C. The molecule has 0 unspecified atom stereocenters. The van der Waals surface area contributed by atoms with Crippen molar-refractivity contribution in [3.05, 3.63) is 24.0 Å². The molecule has 1 aromatic rings.